The monoisotopic (exact) mass is 376 g/mol. The molecule has 26 heavy (non-hydrogen) atoms. The summed E-state index contributed by atoms with van der Waals surface area (Å²) in [5.74, 6) is 1.12. The van der Waals surface area contributed by atoms with Crippen molar-refractivity contribution in [1.82, 2.24) is 25.1 Å². The first-order valence-electron chi connectivity index (χ1n) is 8.06. The molecule has 0 saturated carbocycles. The number of methoxy groups -OCH3 is 1. The third-order valence-corrected chi connectivity index (χ3v) is 4.26. The van der Waals surface area contributed by atoms with E-state index in [2.05, 4.69) is 25.8 Å². The quantitative estimate of drug-likeness (QED) is 0.652. The Morgan fingerprint density at radius 1 is 1.31 bits per heavy atom. The van der Waals surface area contributed by atoms with Crippen LogP contribution in [-0.2, 0) is 5.41 Å². The predicted octanol–water partition coefficient (Wildman–Crippen LogP) is 3.44. The fourth-order valence-electron chi connectivity index (χ4n) is 2.54. The number of urea groups is 1. The van der Waals surface area contributed by atoms with Crippen molar-refractivity contribution in [3.05, 3.63) is 28.9 Å². The molecule has 0 spiro atoms. The van der Waals surface area contributed by atoms with Crippen molar-refractivity contribution in [2.75, 3.05) is 19.5 Å². The first-order chi connectivity index (χ1) is 12.2. The Labute approximate surface area is 155 Å². The topological polar surface area (TPSA) is 96.3 Å². The Kier molecular flexibility index (Phi) is 4.53. The van der Waals surface area contributed by atoms with Crippen LogP contribution in [0.1, 0.15) is 26.5 Å². The summed E-state index contributed by atoms with van der Waals surface area (Å²) in [7, 11) is 3.08. The number of amides is 2. The van der Waals surface area contributed by atoms with E-state index in [0.717, 1.165) is 11.3 Å². The lowest BCUT2D eigenvalue weighted by atomic mass is 9.92. The summed E-state index contributed by atoms with van der Waals surface area (Å²) in [4.78, 5) is 14.8. The van der Waals surface area contributed by atoms with Crippen LogP contribution in [0.25, 0.3) is 17.0 Å². The summed E-state index contributed by atoms with van der Waals surface area (Å²) in [6.45, 7) is 6.13. The summed E-state index contributed by atoms with van der Waals surface area (Å²) in [5.41, 5.74) is 2.51. The Morgan fingerprint density at radius 2 is 2.04 bits per heavy atom. The van der Waals surface area contributed by atoms with Crippen LogP contribution in [0.3, 0.4) is 0 Å². The number of anilines is 1. The number of aromatic amines is 1. The first kappa shape index (κ1) is 18.1. The minimum Gasteiger partial charge on any atom is -0.495 e. The Bertz CT molecular complexity index is 970. The number of aromatic nitrogens is 4. The van der Waals surface area contributed by atoms with E-state index in [4.69, 9.17) is 16.3 Å². The molecule has 0 unspecified atom stereocenters. The standard InChI is InChI=1S/C17H21ClN6O2/c1-17(2,3)13-12(18)15-21-14(23-24(15)22-13)9-6-7-11(26-5)10(8-9)20-16(25)19-4/h6-8H,1-5H3,(H,21,23)(H2,19,20,25). The Morgan fingerprint density at radius 3 is 2.62 bits per heavy atom. The second-order valence-electron chi connectivity index (χ2n) is 6.84. The lowest BCUT2D eigenvalue weighted by molar-refractivity contribution is 0.254. The van der Waals surface area contributed by atoms with Crippen LogP contribution in [0, 0.1) is 0 Å². The number of ether oxygens (including phenoxy) is 1. The van der Waals surface area contributed by atoms with Gasteiger partial charge in [-0.3, -0.25) is 0 Å². The van der Waals surface area contributed by atoms with Crippen molar-refractivity contribution in [3.63, 3.8) is 0 Å². The molecule has 2 amide bonds. The summed E-state index contributed by atoms with van der Waals surface area (Å²) in [6, 6.07) is 5.02. The first-order valence-corrected chi connectivity index (χ1v) is 8.44. The molecule has 0 radical (unpaired) electrons. The van der Waals surface area contributed by atoms with Gasteiger partial charge in [0.2, 0.25) is 0 Å². The number of hydrogen-bond acceptors (Lipinski definition) is 4. The molecule has 138 valence electrons. The molecule has 3 N–H and O–H groups in total. The molecule has 0 bridgehead atoms. The molecule has 2 heterocycles. The lowest BCUT2D eigenvalue weighted by Gasteiger charge is -2.14. The van der Waals surface area contributed by atoms with E-state index in [9.17, 15) is 4.79 Å². The zero-order valence-corrected chi connectivity index (χ0v) is 16.0. The van der Waals surface area contributed by atoms with E-state index in [1.807, 2.05) is 26.8 Å². The molecule has 0 aliphatic carbocycles. The van der Waals surface area contributed by atoms with Crippen molar-refractivity contribution in [1.29, 1.82) is 0 Å². The normalized spacial score (nSPS) is 11.6. The van der Waals surface area contributed by atoms with E-state index in [1.165, 1.54) is 4.63 Å². The Hall–Kier alpha value is -2.74. The van der Waals surface area contributed by atoms with E-state index >= 15 is 0 Å². The average Bonchev–Trinajstić information content (AvgIpc) is 3.14. The fourth-order valence-corrected chi connectivity index (χ4v) is 2.99. The van der Waals surface area contributed by atoms with E-state index < -0.39 is 0 Å². The highest BCUT2D eigenvalue weighted by Gasteiger charge is 2.25. The van der Waals surface area contributed by atoms with Gasteiger partial charge in [0.25, 0.3) is 0 Å². The van der Waals surface area contributed by atoms with Gasteiger partial charge in [0, 0.05) is 18.0 Å². The van der Waals surface area contributed by atoms with Crippen LogP contribution in [0.2, 0.25) is 5.02 Å². The number of nitrogens with one attached hydrogen (secondary N) is 3. The molecular formula is C17H21ClN6O2. The van der Waals surface area contributed by atoms with Crippen LogP contribution in [0.15, 0.2) is 18.2 Å². The van der Waals surface area contributed by atoms with E-state index in [-0.39, 0.29) is 11.4 Å². The smallest absolute Gasteiger partial charge is 0.319 e. The number of H-pyrrole nitrogens is 1. The second kappa shape index (κ2) is 6.53. The fraction of sp³-hybridized carbons (Fsp3) is 0.353. The van der Waals surface area contributed by atoms with E-state index in [1.54, 1.807) is 26.3 Å². The molecule has 2 aromatic heterocycles. The highest BCUT2D eigenvalue weighted by atomic mass is 35.5. The van der Waals surface area contributed by atoms with Gasteiger partial charge in [0.05, 0.1) is 18.5 Å². The lowest BCUT2D eigenvalue weighted by Crippen LogP contribution is -2.24. The van der Waals surface area contributed by atoms with Gasteiger partial charge in [-0.2, -0.15) is 5.10 Å². The molecule has 1 aromatic carbocycles. The largest absolute Gasteiger partial charge is 0.495 e. The summed E-state index contributed by atoms with van der Waals surface area (Å²) >= 11 is 6.47. The molecule has 8 nitrogen and oxygen atoms in total. The van der Waals surface area contributed by atoms with E-state index in [0.29, 0.717) is 27.9 Å². The van der Waals surface area contributed by atoms with Crippen molar-refractivity contribution >= 4 is 29.0 Å². The second-order valence-corrected chi connectivity index (χ2v) is 7.22. The number of carbonyl (C=O) groups is 1. The molecule has 0 atom stereocenters. The van der Waals surface area contributed by atoms with Crippen molar-refractivity contribution in [3.8, 4) is 17.1 Å². The number of nitrogens with zero attached hydrogens (tertiary/aromatic N) is 3. The molecule has 3 aromatic rings. The predicted molar refractivity (Wildman–Crippen MR) is 101 cm³/mol. The zero-order chi connectivity index (χ0) is 19.1. The summed E-state index contributed by atoms with van der Waals surface area (Å²) in [6.07, 6.45) is 0. The van der Waals surface area contributed by atoms with Crippen LogP contribution >= 0.6 is 11.6 Å². The van der Waals surface area contributed by atoms with Crippen LogP contribution < -0.4 is 15.4 Å². The molecule has 0 aliphatic rings. The summed E-state index contributed by atoms with van der Waals surface area (Å²) in [5, 5.41) is 14.7. The highest BCUT2D eigenvalue weighted by molar-refractivity contribution is 6.34. The molecule has 0 saturated heterocycles. The van der Waals surface area contributed by atoms with Gasteiger partial charge < -0.3 is 20.4 Å². The third kappa shape index (κ3) is 3.20. The number of benzene rings is 1. The van der Waals surface area contributed by atoms with Crippen molar-refractivity contribution in [2.24, 2.45) is 0 Å². The maximum atomic E-state index is 11.6. The molecule has 9 heteroatoms. The Balaban J connectivity index is 2.03. The molecule has 0 aliphatic heterocycles. The minimum absolute atomic E-state index is 0.184. The maximum Gasteiger partial charge on any atom is 0.319 e. The van der Waals surface area contributed by atoms with Crippen LogP contribution in [0.4, 0.5) is 10.5 Å². The van der Waals surface area contributed by atoms with Crippen LogP contribution in [-0.4, -0.2) is 40.0 Å². The van der Waals surface area contributed by atoms with Gasteiger partial charge in [-0.25, -0.2) is 4.79 Å². The van der Waals surface area contributed by atoms with Crippen molar-refractivity contribution < 1.29 is 9.53 Å². The SMILES string of the molecule is CNC(=O)Nc1cc(-c2nn3nc(C(C)(C)C)c(Cl)c3[nH]2)ccc1OC. The number of rotatable bonds is 3. The number of halogens is 1. The average molecular weight is 377 g/mol. The minimum atomic E-state index is -0.340. The maximum absolute atomic E-state index is 11.6. The van der Waals surface area contributed by atoms with Gasteiger partial charge in [-0.1, -0.05) is 32.4 Å². The number of carbonyl (C=O) groups excluding carboxylic acids is 1. The van der Waals surface area contributed by atoms with Crippen molar-refractivity contribution in [2.45, 2.75) is 26.2 Å². The molecular weight excluding hydrogens is 356 g/mol. The molecule has 0 fully saturated rings. The zero-order valence-electron chi connectivity index (χ0n) is 15.3. The van der Waals surface area contributed by atoms with Gasteiger partial charge in [0.1, 0.15) is 10.8 Å². The summed E-state index contributed by atoms with van der Waals surface area (Å²) < 4.78 is 6.78. The molecule has 3 rings (SSSR count). The third-order valence-electron chi connectivity index (χ3n) is 3.90. The van der Waals surface area contributed by atoms with Gasteiger partial charge >= 0.3 is 6.03 Å². The number of fused-ring (bicyclic) bond motifs is 1. The van der Waals surface area contributed by atoms with Gasteiger partial charge in [-0.05, 0) is 18.2 Å². The number of hydrogen-bond donors (Lipinski definition) is 3. The van der Waals surface area contributed by atoms with Crippen LogP contribution in [0.5, 0.6) is 5.75 Å². The highest BCUT2D eigenvalue weighted by Crippen LogP contribution is 2.33. The van der Waals surface area contributed by atoms with Gasteiger partial charge in [0.15, 0.2) is 11.5 Å². The van der Waals surface area contributed by atoms with Gasteiger partial charge in [-0.15, -0.1) is 9.73 Å².